The second kappa shape index (κ2) is 6.21. The maximum atomic E-state index is 6.43. The van der Waals surface area contributed by atoms with Crippen molar-refractivity contribution in [1.82, 2.24) is 0 Å². The molecule has 0 saturated carbocycles. The minimum Gasteiger partial charge on any atom is -0.360 e. The van der Waals surface area contributed by atoms with Gasteiger partial charge >= 0.3 is 0 Å². The maximum Gasteiger partial charge on any atom is 0.165 e. The lowest BCUT2D eigenvalue weighted by molar-refractivity contribution is 0.218. The summed E-state index contributed by atoms with van der Waals surface area (Å²) in [6.45, 7) is 0. The van der Waals surface area contributed by atoms with Crippen LogP contribution < -0.4 is 0 Å². The molecule has 0 aliphatic heterocycles. The van der Waals surface area contributed by atoms with Crippen LogP contribution in [-0.2, 0) is 4.74 Å². The lowest BCUT2D eigenvalue weighted by Gasteiger charge is -1.93. The second-order valence-corrected chi connectivity index (χ2v) is 1.18. The van der Waals surface area contributed by atoms with E-state index in [4.69, 9.17) is 17.0 Å². The number of nitrogens with one attached hydrogen (secondary N) is 1. The smallest absolute Gasteiger partial charge is 0.165 e. The van der Waals surface area contributed by atoms with Crippen molar-refractivity contribution in [3.05, 3.63) is 0 Å². The van der Waals surface area contributed by atoms with E-state index in [1.165, 1.54) is 7.11 Å². The monoisotopic (exact) mass is 143 g/mol. The van der Waals surface area contributed by atoms with Crippen molar-refractivity contribution < 1.29 is 4.74 Å². The van der Waals surface area contributed by atoms with Crippen molar-refractivity contribution in [3.8, 4) is 0 Å². The third-order valence-electron chi connectivity index (χ3n) is 0.356. The number of ether oxygens (including phenoxy) is 1. The summed E-state index contributed by atoms with van der Waals surface area (Å²) < 4.78 is 4.42. The normalized spacial score (nSPS) is 11.7. The van der Waals surface area contributed by atoms with Gasteiger partial charge in [0.1, 0.15) is 0 Å². The third-order valence-corrected chi connectivity index (χ3v) is 0.660. The van der Waals surface area contributed by atoms with Crippen molar-refractivity contribution in [1.29, 1.82) is 5.41 Å². The van der Waals surface area contributed by atoms with Gasteiger partial charge in [0.25, 0.3) is 0 Å². The summed E-state index contributed by atoms with van der Waals surface area (Å²) >= 11 is 5.18. The molecule has 0 aliphatic rings. The Labute approximate surface area is 53.7 Å². The average molecular weight is 144 g/mol. The predicted molar refractivity (Wildman–Crippen MR) is 32.7 cm³/mol. The summed E-state index contributed by atoms with van der Waals surface area (Å²) in [6, 6.07) is 0. The molecular formula is C3H7Cl2NO. The van der Waals surface area contributed by atoms with Crippen molar-refractivity contribution in [2.75, 3.05) is 7.11 Å². The molecule has 1 atom stereocenters. The van der Waals surface area contributed by atoms with Crippen LogP contribution in [0.5, 0.6) is 0 Å². The summed E-state index contributed by atoms with van der Waals surface area (Å²) in [7, 11) is 1.45. The van der Waals surface area contributed by atoms with Gasteiger partial charge in [0.05, 0.1) is 0 Å². The molecule has 7 heavy (non-hydrogen) atoms. The Balaban J connectivity index is 0. The molecule has 0 heterocycles. The number of hydrogen-bond acceptors (Lipinski definition) is 2. The summed E-state index contributed by atoms with van der Waals surface area (Å²) in [4.78, 5) is 0. The highest BCUT2D eigenvalue weighted by atomic mass is 35.5. The first kappa shape index (κ1) is 10.2. The second-order valence-electron chi connectivity index (χ2n) is 0.754. The Kier molecular flexibility index (Phi) is 9.09. The Morgan fingerprint density at radius 2 is 2.29 bits per heavy atom. The van der Waals surface area contributed by atoms with Crippen molar-refractivity contribution in [3.63, 3.8) is 0 Å². The zero-order chi connectivity index (χ0) is 4.99. The van der Waals surface area contributed by atoms with Gasteiger partial charge in [-0.15, -0.1) is 12.4 Å². The molecule has 44 valence electrons. The van der Waals surface area contributed by atoms with E-state index < -0.39 is 5.56 Å². The van der Waals surface area contributed by atoms with Gasteiger partial charge in [0.15, 0.2) is 5.56 Å². The number of hydrogen-bond donors (Lipinski definition) is 1. The van der Waals surface area contributed by atoms with E-state index in [0.717, 1.165) is 6.21 Å². The highest BCUT2D eigenvalue weighted by Crippen LogP contribution is 1.87. The fourth-order valence-electron chi connectivity index (χ4n) is 0.0680. The molecule has 0 amide bonds. The summed E-state index contributed by atoms with van der Waals surface area (Å²) in [5, 5.41) is 6.43. The number of methoxy groups -OCH3 is 1. The van der Waals surface area contributed by atoms with Gasteiger partial charge in [-0.3, -0.25) is 0 Å². The van der Waals surface area contributed by atoms with Gasteiger partial charge < -0.3 is 10.1 Å². The third kappa shape index (κ3) is 6.21. The van der Waals surface area contributed by atoms with E-state index in [9.17, 15) is 0 Å². The fraction of sp³-hybridized carbons (Fsp3) is 0.667. The topological polar surface area (TPSA) is 33.1 Å². The Bertz CT molecular complexity index is 50.2. The Hall–Kier alpha value is 0.210. The van der Waals surface area contributed by atoms with Crippen LogP contribution in [0.15, 0.2) is 0 Å². The molecule has 0 saturated heterocycles. The molecule has 0 fully saturated rings. The van der Waals surface area contributed by atoms with Gasteiger partial charge in [-0.2, -0.15) is 0 Å². The summed E-state index contributed by atoms with van der Waals surface area (Å²) in [6.07, 6.45) is 1.02. The van der Waals surface area contributed by atoms with Gasteiger partial charge in [-0.25, -0.2) is 0 Å². The van der Waals surface area contributed by atoms with Gasteiger partial charge in [-0.05, 0) is 0 Å². The summed E-state index contributed by atoms with van der Waals surface area (Å²) in [5.41, 5.74) is -0.551. The quantitative estimate of drug-likeness (QED) is 0.459. The van der Waals surface area contributed by atoms with E-state index in [0.29, 0.717) is 0 Å². The van der Waals surface area contributed by atoms with Crippen LogP contribution in [0, 0.1) is 5.41 Å². The van der Waals surface area contributed by atoms with Crippen LogP contribution >= 0.6 is 24.0 Å². The van der Waals surface area contributed by atoms with Gasteiger partial charge in [-0.1, -0.05) is 11.6 Å². The SMILES string of the molecule is COC(Cl)C=N.Cl. The van der Waals surface area contributed by atoms with Gasteiger partial charge in [0, 0.05) is 13.3 Å². The summed E-state index contributed by atoms with van der Waals surface area (Å²) in [5.74, 6) is 0. The minimum atomic E-state index is -0.551. The van der Waals surface area contributed by atoms with E-state index in [-0.39, 0.29) is 12.4 Å². The van der Waals surface area contributed by atoms with Crippen LogP contribution in [-0.4, -0.2) is 18.9 Å². The molecule has 1 unspecified atom stereocenters. The molecule has 0 aromatic heterocycles. The molecule has 0 aliphatic carbocycles. The fourth-order valence-corrected chi connectivity index (χ4v) is 0.0680. The first-order valence-electron chi connectivity index (χ1n) is 1.48. The number of alkyl halides is 1. The molecule has 0 radical (unpaired) electrons. The zero-order valence-corrected chi connectivity index (χ0v) is 5.42. The lowest BCUT2D eigenvalue weighted by atomic mass is 10.8. The van der Waals surface area contributed by atoms with Crippen LogP contribution in [0.1, 0.15) is 0 Å². The largest absolute Gasteiger partial charge is 0.360 e. The lowest BCUT2D eigenvalue weighted by Crippen LogP contribution is -1.99. The van der Waals surface area contributed by atoms with Crippen molar-refractivity contribution >= 4 is 30.2 Å². The maximum absolute atomic E-state index is 6.43. The van der Waals surface area contributed by atoms with Crippen molar-refractivity contribution in [2.24, 2.45) is 0 Å². The predicted octanol–water partition coefficient (Wildman–Crippen LogP) is 1.27. The Morgan fingerprint density at radius 3 is 2.29 bits per heavy atom. The van der Waals surface area contributed by atoms with E-state index >= 15 is 0 Å². The standard InChI is InChI=1S/C3H6ClNO.ClH/c1-6-3(4)2-5;/h2-3,5H,1H3;1H. The zero-order valence-electron chi connectivity index (χ0n) is 3.85. The van der Waals surface area contributed by atoms with E-state index in [1.807, 2.05) is 0 Å². The Morgan fingerprint density at radius 1 is 1.86 bits per heavy atom. The first-order valence-corrected chi connectivity index (χ1v) is 1.92. The average Bonchev–Trinajstić information content (AvgIpc) is 1.65. The molecule has 0 spiro atoms. The molecule has 4 heteroatoms. The van der Waals surface area contributed by atoms with Crippen molar-refractivity contribution in [2.45, 2.75) is 5.56 Å². The highest BCUT2D eigenvalue weighted by Gasteiger charge is 1.88. The number of rotatable bonds is 2. The van der Waals surface area contributed by atoms with E-state index in [1.54, 1.807) is 0 Å². The van der Waals surface area contributed by atoms with E-state index in [2.05, 4.69) is 4.74 Å². The highest BCUT2D eigenvalue weighted by molar-refractivity contribution is 6.26. The minimum absolute atomic E-state index is 0. The van der Waals surface area contributed by atoms with Gasteiger partial charge in [0.2, 0.25) is 0 Å². The molecule has 0 aromatic carbocycles. The first-order chi connectivity index (χ1) is 2.81. The van der Waals surface area contributed by atoms with Crippen LogP contribution in [0.4, 0.5) is 0 Å². The molecule has 0 bridgehead atoms. The molecule has 0 rings (SSSR count). The number of halogens is 2. The van der Waals surface area contributed by atoms with Crippen LogP contribution in [0.3, 0.4) is 0 Å². The van der Waals surface area contributed by atoms with Crippen LogP contribution in [0.2, 0.25) is 0 Å². The molecular weight excluding hydrogens is 137 g/mol. The molecule has 1 N–H and O–H groups in total. The molecule has 0 aromatic rings. The van der Waals surface area contributed by atoms with Crippen LogP contribution in [0.25, 0.3) is 0 Å². The molecule has 2 nitrogen and oxygen atoms in total.